The number of aromatic hydroxyl groups is 1. The Balaban J connectivity index is 2.10. The van der Waals surface area contributed by atoms with Crippen molar-refractivity contribution in [2.75, 3.05) is 20.8 Å². The second-order valence-electron chi connectivity index (χ2n) is 6.70. The van der Waals surface area contributed by atoms with Crippen molar-refractivity contribution in [3.8, 4) is 17.2 Å². The molecule has 0 heterocycles. The number of rotatable bonds is 6. The first kappa shape index (κ1) is 19.5. The molecule has 0 radical (unpaired) electrons. The molecule has 0 saturated heterocycles. The lowest BCUT2D eigenvalue weighted by Gasteiger charge is -2.21. The maximum atomic E-state index is 11.5. The topological polar surface area (TPSA) is 102 Å². The number of benzene rings is 2. The van der Waals surface area contributed by atoms with E-state index < -0.39 is 11.9 Å². The number of carbonyl (C=O) groups is 2. The van der Waals surface area contributed by atoms with Gasteiger partial charge in [-0.05, 0) is 53.3 Å². The van der Waals surface area contributed by atoms with Gasteiger partial charge in [0.25, 0.3) is 0 Å². The fourth-order valence-corrected chi connectivity index (χ4v) is 3.79. The standard InChI is InChI=1S/C21H22O7/c1-11(22)28-10-17-14(12-4-5-18(23)20(7-12)27-3)9-16-15(17)6-13(21(24)25)8-19(16)26-2/h4-8,14,17,23H,9-10H2,1-3H3,(H,24,25). The van der Waals surface area contributed by atoms with Crippen LogP contribution in [0, 0.1) is 0 Å². The Morgan fingerprint density at radius 2 is 1.82 bits per heavy atom. The number of methoxy groups -OCH3 is 2. The van der Waals surface area contributed by atoms with Gasteiger partial charge in [-0.1, -0.05) is 6.07 Å². The average molecular weight is 386 g/mol. The molecule has 2 N–H and O–H groups in total. The Morgan fingerprint density at radius 1 is 1.11 bits per heavy atom. The zero-order chi connectivity index (χ0) is 20.4. The van der Waals surface area contributed by atoms with Crippen LogP contribution in [0.2, 0.25) is 0 Å². The molecular formula is C21H22O7. The van der Waals surface area contributed by atoms with Crippen LogP contribution >= 0.6 is 0 Å². The quantitative estimate of drug-likeness (QED) is 0.736. The summed E-state index contributed by atoms with van der Waals surface area (Å²) in [5, 5.41) is 19.3. The number of hydrogen-bond acceptors (Lipinski definition) is 6. The van der Waals surface area contributed by atoms with E-state index in [-0.39, 0.29) is 29.8 Å². The van der Waals surface area contributed by atoms with Crippen LogP contribution in [0.1, 0.15) is 45.8 Å². The van der Waals surface area contributed by atoms with E-state index in [1.165, 1.54) is 27.2 Å². The predicted molar refractivity (Wildman–Crippen MR) is 100 cm³/mol. The minimum Gasteiger partial charge on any atom is -0.504 e. The monoisotopic (exact) mass is 386 g/mol. The summed E-state index contributed by atoms with van der Waals surface area (Å²) in [4.78, 5) is 22.9. The summed E-state index contributed by atoms with van der Waals surface area (Å²) in [7, 11) is 2.97. The van der Waals surface area contributed by atoms with Gasteiger partial charge in [0.1, 0.15) is 5.75 Å². The van der Waals surface area contributed by atoms with Gasteiger partial charge in [-0.3, -0.25) is 4.79 Å². The lowest BCUT2D eigenvalue weighted by molar-refractivity contribution is -0.141. The number of aromatic carboxylic acids is 1. The highest BCUT2D eigenvalue weighted by molar-refractivity contribution is 5.89. The van der Waals surface area contributed by atoms with Crippen LogP contribution in [0.5, 0.6) is 17.2 Å². The summed E-state index contributed by atoms with van der Waals surface area (Å²) in [5.41, 5.74) is 2.69. The number of esters is 1. The molecule has 0 aromatic heterocycles. The molecule has 148 valence electrons. The number of phenols is 1. The fraction of sp³-hybridized carbons (Fsp3) is 0.333. The number of hydrogen-bond donors (Lipinski definition) is 2. The van der Waals surface area contributed by atoms with Crippen molar-refractivity contribution in [1.29, 1.82) is 0 Å². The van der Waals surface area contributed by atoms with Crippen molar-refractivity contribution >= 4 is 11.9 Å². The van der Waals surface area contributed by atoms with Gasteiger partial charge in [-0.2, -0.15) is 0 Å². The van der Waals surface area contributed by atoms with Crippen LogP contribution in [0.25, 0.3) is 0 Å². The van der Waals surface area contributed by atoms with Crippen molar-refractivity contribution < 1.29 is 34.0 Å². The van der Waals surface area contributed by atoms with Gasteiger partial charge in [-0.15, -0.1) is 0 Å². The molecule has 0 bridgehead atoms. The van der Waals surface area contributed by atoms with Gasteiger partial charge in [0.2, 0.25) is 0 Å². The first-order chi connectivity index (χ1) is 13.3. The lowest BCUT2D eigenvalue weighted by Crippen LogP contribution is -2.15. The second-order valence-corrected chi connectivity index (χ2v) is 6.70. The Hall–Kier alpha value is -3.22. The minimum absolute atomic E-state index is 0.0315. The summed E-state index contributed by atoms with van der Waals surface area (Å²) in [6.07, 6.45) is 0.582. The Morgan fingerprint density at radius 3 is 2.43 bits per heavy atom. The number of fused-ring (bicyclic) bond motifs is 1. The third-order valence-corrected chi connectivity index (χ3v) is 5.12. The number of ether oxygens (including phenoxy) is 3. The zero-order valence-corrected chi connectivity index (χ0v) is 15.9. The predicted octanol–water partition coefficient (Wildman–Crippen LogP) is 3.09. The molecule has 1 aliphatic carbocycles. The van der Waals surface area contributed by atoms with Gasteiger partial charge in [0, 0.05) is 12.8 Å². The molecular weight excluding hydrogens is 364 g/mol. The normalized spacial score (nSPS) is 17.7. The van der Waals surface area contributed by atoms with Crippen molar-refractivity contribution in [1.82, 2.24) is 0 Å². The maximum absolute atomic E-state index is 11.5. The van der Waals surface area contributed by atoms with Crippen LogP contribution < -0.4 is 9.47 Å². The average Bonchev–Trinajstić information content (AvgIpc) is 3.04. The smallest absolute Gasteiger partial charge is 0.335 e. The van der Waals surface area contributed by atoms with Crippen LogP contribution in [-0.4, -0.2) is 43.0 Å². The highest BCUT2D eigenvalue weighted by Gasteiger charge is 2.37. The summed E-state index contributed by atoms with van der Waals surface area (Å²) in [5.74, 6) is -0.931. The molecule has 2 aromatic carbocycles. The molecule has 0 saturated carbocycles. The van der Waals surface area contributed by atoms with Crippen molar-refractivity contribution in [3.63, 3.8) is 0 Å². The van der Waals surface area contributed by atoms with Gasteiger partial charge in [0.15, 0.2) is 11.5 Å². The maximum Gasteiger partial charge on any atom is 0.335 e. The van der Waals surface area contributed by atoms with E-state index in [9.17, 15) is 19.8 Å². The minimum atomic E-state index is -1.05. The molecule has 0 spiro atoms. The van der Waals surface area contributed by atoms with E-state index in [1.807, 2.05) is 0 Å². The van der Waals surface area contributed by atoms with E-state index in [0.29, 0.717) is 17.9 Å². The molecule has 2 aromatic rings. The second kappa shape index (κ2) is 7.80. The van der Waals surface area contributed by atoms with Crippen molar-refractivity contribution in [3.05, 3.63) is 52.6 Å². The molecule has 3 rings (SSSR count). The summed E-state index contributed by atoms with van der Waals surface area (Å²) in [6, 6.07) is 8.22. The lowest BCUT2D eigenvalue weighted by atomic mass is 9.86. The molecule has 2 unspecified atom stereocenters. The van der Waals surface area contributed by atoms with Gasteiger partial charge in [0.05, 0.1) is 26.4 Å². The Labute approximate surface area is 162 Å². The van der Waals surface area contributed by atoms with Crippen LogP contribution in [0.15, 0.2) is 30.3 Å². The van der Waals surface area contributed by atoms with Crippen LogP contribution in [0.3, 0.4) is 0 Å². The van der Waals surface area contributed by atoms with Crippen LogP contribution in [0.4, 0.5) is 0 Å². The van der Waals surface area contributed by atoms with E-state index >= 15 is 0 Å². The summed E-state index contributed by atoms with van der Waals surface area (Å²) in [6.45, 7) is 1.45. The molecule has 7 heteroatoms. The summed E-state index contributed by atoms with van der Waals surface area (Å²) >= 11 is 0. The third kappa shape index (κ3) is 3.60. The van der Waals surface area contributed by atoms with E-state index in [0.717, 1.165) is 16.7 Å². The Bertz CT molecular complexity index is 919. The molecule has 1 aliphatic rings. The van der Waals surface area contributed by atoms with Gasteiger partial charge in [-0.25, -0.2) is 4.79 Å². The number of carboxylic acids is 1. The first-order valence-electron chi connectivity index (χ1n) is 8.80. The van der Waals surface area contributed by atoms with E-state index in [4.69, 9.17) is 14.2 Å². The fourth-order valence-electron chi connectivity index (χ4n) is 3.79. The SMILES string of the molecule is COc1cc(C2Cc3c(OC)cc(C(=O)O)cc3C2COC(C)=O)ccc1O. The first-order valence-corrected chi connectivity index (χ1v) is 8.80. The molecule has 28 heavy (non-hydrogen) atoms. The Kier molecular flexibility index (Phi) is 5.44. The summed E-state index contributed by atoms with van der Waals surface area (Å²) < 4.78 is 15.9. The highest BCUT2D eigenvalue weighted by Crippen LogP contribution is 2.49. The van der Waals surface area contributed by atoms with Crippen molar-refractivity contribution in [2.24, 2.45) is 0 Å². The van der Waals surface area contributed by atoms with Gasteiger partial charge < -0.3 is 24.4 Å². The number of carboxylic acid groups (broad SMARTS) is 1. The molecule has 0 aliphatic heterocycles. The van der Waals surface area contributed by atoms with E-state index in [1.54, 1.807) is 24.3 Å². The molecule has 2 atom stereocenters. The molecule has 7 nitrogen and oxygen atoms in total. The van der Waals surface area contributed by atoms with E-state index in [2.05, 4.69) is 0 Å². The number of phenolic OH excluding ortho intramolecular Hbond substituents is 1. The third-order valence-electron chi connectivity index (χ3n) is 5.12. The number of carbonyl (C=O) groups excluding carboxylic acids is 1. The largest absolute Gasteiger partial charge is 0.504 e. The van der Waals surface area contributed by atoms with Gasteiger partial charge >= 0.3 is 11.9 Å². The molecule has 0 fully saturated rings. The highest BCUT2D eigenvalue weighted by atomic mass is 16.5. The zero-order valence-electron chi connectivity index (χ0n) is 15.9. The van der Waals surface area contributed by atoms with Crippen molar-refractivity contribution in [2.45, 2.75) is 25.2 Å². The molecule has 0 amide bonds. The van der Waals surface area contributed by atoms with Crippen LogP contribution in [-0.2, 0) is 16.0 Å².